The average Bonchev–Trinajstić information content (AvgIpc) is 2.74. The van der Waals surface area contributed by atoms with Crippen LogP contribution in [0.4, 0.5) is 11.6 Å². The Labute approximate surface area is 169 Å². The fourth-order valence-electron chi connectivity index (χ4n) is 3.36. The Morgan fingerprint density at radius 1 is 1.34 bits per heavy atom. The molecule has 2 heterocycles. The second kappa shape index (κ2) is 9.18. The topological polar surface area (TPSA) is 110 Å². The van der Waals surface area contributed by atoms with Gasteiger partial charge >= 0.3 is 0 Å². The number of carbonyl (C=O) groups is 2. The van der Waals surface area contributed by atoms with E-state index in [-0.39, 0.29) is 29.1 Å². The molecular formula is C21H25N5O3. The summed E-state index contributed by atoms with van der Waals surface area (Å²) >= 11 is 0. The van der Waals surface area contributed by atoms with Crippen molar-refractivity contribution in [2.45, 2.75) is 25.8 Å². The number of aromatic nitrogens is 2. The summed E-state index contributed by atoms with van der Waals surface area (Å²) in [6.07, 6.45) is 4.33. The van der Waals surface area contributed by atoms with Gasteiger partial charge in [-0.3, -0.25) is 9.59 Å². The van der Waals surface area contributed by atoms with E-state index in [2.05, 4.69) is 21.9 Å². The van der Waals surface area contributed by atoms with Gasteiger partial charge in [-0.2, -0.15) is 0 Å². The quantitative estimate of drug-likeness (QED) is 0.546. The zero-order chi connectivity index (χ0) is 20.8. The van der Waals surface area contributed by atoms with Crippen molar-refractivity contribution >= 4 is 23.3 Å². The highest BCUT2D eigenvalue weighted by Crippen LogP contribution is 2.25. The van der Waals surface area contributed by atoms with Crippen LogP contribution in [-0.4, -0.2) is 52.3 Å². The van der Waals surface area contributed by atoms with Crippen molar-refractivity contribution in [3.63, 3.8) is 0 Å². The first-order valence-corrected chi connectivity index (χ1v) is 9.59. The van der Waals surface area contributed by atoms with Gasteiger partial charge in [0.1, 0.15) is 29.3 Å². The van der Waals surface area contributed by atoms with Crippen molar-refractivity contribution in [1.29, 1.82) is 0 Å². The maximum absolute atomic E-state index is 13.1. The van der Waals surface area contributed by atoms with Crippen molar-refractivity contribution in [3.8, 4) is 5.75 Å². The largest absolute Gasteiger partial charge is 0.494 e. The van der Waals surface area contributed by atoms with E-state index in [0.717, 1.165) is 12.8 Å². The Hall–Kier alpha value is -3.42. The molecule has 1 aromatic heterocycles. The van der Waals surface area contributed by atoms with Gasteiger partial charge in [0.05, 0.1) is 6.61 Å². The van der Waals surface area contributed by atoms with Crippen LogP contribution in [-0.2, 0) is 4.79 Å². The number of rotatable bonds is 7. The summed E-state index contributed by atoms with van der Waals surface area (Å²) < 4.78 is 5.42. The van der Waals surface area contributed by atoms with Crippen LogP contribution in [0.25, 0.3) is 0 Å². The number of ether oxygens (including phenoxy) is 1. The van der Waals surface area contributed by atoms with Crippen LogP contribution in [0, 0.1) is 0 Å². The van der Waals surface area contributed by atoms with Gasteiger partial charge in [-0.25, -0.2) is 9.97 Å². The molecule has 0 radical (unpaired) electrons. The molecule has 1 saturated heterocycles. The number of amides is 1. The van der Waals surface area contributed by atoms with E-state index >= 15 is 0 Å². The molecule has 3 N–H and O–H groups in total. The molecular weight excluding hydrogens is 370 g/mol. The lowest BCUT2D eigenvalue weighted by atomic mass is 10.0. The molecule has 0 aliphatic carbocycles. The normalized spacial score (nSPS) is 16.2. The molecule has 1 aliphatic heterocycles. The van der Waals surface area contributed by atoms with E-state index in [4.69, 9.17) is 10.5 Å². The first-order chi connectivity index (χ1) is 14.0. The third-order valence-corrected chi connectivity index (χ3v) is 4.78. The van der Waals surface area contributed by atoms with E-state index in [1.165, 1.54) is 12.4 Å². The second-order valence-electron chi connectivity index (χ2n) is 6.74. The van der Waals surface area contributed by atoms with Crippen LogP contribution in [0.15, 0.2) is 43.2 Å². The Balaban J connectivity index is 1.82. The Morgan fingerprint density at radius 3 is 2.79 bits per heavy atom. The molecule has 8 heteroatoms. The molecule has 29 heavy (non-hydrogen) atoms. The predicted octanol–water partition coefficient (Wildman–Crippen LogP) is 2.28. The summed E-state index contributed by atoms with van der Waals surface area (Å²) in [5, 5.41) is 3.28. The van der Waals surface area contributed by atoms with E-state index in [1.54, 1.807) is 29.2 Å². The van der Waals surface area contributed by atoms with Crippen LogP contribution in [0.1, 0.15) is 35.7 Å². The number of nitrogens with two attached hydrogens (primary N) is 1. The second-order valence-corrected chi connectivity index (χ2v) is 6.74. The number of nitrogen functional groups attached to an aromatic ring is 1. The van der Waals surface area contributed by atoms with Crippen LogP contribution < -0.4 is 15.8 Å². The van der Waals surface area contributed by atoms with Gasteiger partial charge in [-0.05, 0) is 50.1 Å². The van der Waals surface area contributed by atoms with Gasteiger partial charge in [-0.15, -0.1) is 0 Å². The lowest BCUT2D eigenvalue weighted by molar-refractivity contribution is -0.127. The standard InChI is InChI=1S/C21H25N5O3/c1-3-17(27)26-11-5-6-15(12-26)25-21-18(20(22)23-13-24-21)19(28)14-7-9-16(10-8-14)29-4-2/h3,7-10,13,15H,1,4-6,11-12H2,2H3,(H3,22,23,24,25)/t15-/m1/s1. The Kier molecular flexibility index (Phi) is 6.43. The molecule has 1 atom stereocenters. The minimum atomic E-state index is -0.275. The predicted molar refractivity (Wildman–Crippen MR) is 111 cm³/mol. The van der Waals surface area contributed by atoms with Crippen LogP contribution in [0.3, 0.4) is 0 Å². The fraction of sp³-hybridized carbons (Fsp3) is 0.333. The summed E-state index contributed by atoms with van der Waals surface area (Å²) in [7, 11) is 0. The number of nitrogens with one attached hydrogen (secondary N) is 1. The Morgan fingerprint density at radius 2 is 2.10 bits per heavy atom. The smallest absolute Gasteiger partial charge is 0.246 e. The van der Waals surface area contributed by atoms with Crippen LogP contribution in [0.2, 0.25) is 0 Å². The summed E-state index contributed by atoms with van der Waals surface area (Å²) in [6.45, 7) is 7.18. The van der Waals surface area contributed by atoms with E-state index < -0.39 is 0 Å². The lowest BCUT2D eigenvalue weighted by Crippen LogP contribution is -2.44. The molecule has 2 aromatic rings. The van der Waals surface area contributed by atoms with E-state index in [0.29, 0.717) is 36.8 Å². The highest BCUT2D eigenvalue weighted by atomic mass is 16.5. The van der Waals surface area contributed by atoms with Crippen molar-refractivity contribution in [2.24, 2.45) is 0 Å². The fourth-order valence-corrected chi connectivity index (χ4v) is 3.36. The summed E-state index contributed by atoms with van der Waals surface area (Å²) in [4.78, 5) is 35.0. The number of nitrogens with zero attached hydrogens (tertiary/aromatic N) is 3. The molecule has 1 aromatic carbocycles. The summed E-state index contributed by atoms with van der Waals surface area (Å²) in [6, 6.07) is 6.81. The number of likely N-dealkylation sites (tertiary alicyclic amines) is 1. The SMILES string of the molecule is C=CC(=O)N1CCC[C@@H](Nc2ncnc(N)c2C(=O)c2ccc(OCC)cc2)C1. The lowest BCUT2D eigenvalue weighted by Gasteiger charge is -2.33. The van der Waals surface area contributed by atoms with Crippen molar-refractivity contribution in [1.82, 2.24) is 14.9 Å². The first kappa shape index (κ1) is 20.3. The van der Waals surface area contributed by atoms with Gasteiger partial charge in [0.25, 0.3) is 0 Å². The summed E-state index contributed by atoms with van der Waals surface area (Å²) in [5.41, 5.74) is 6.71. The number of anilines is 2. The molecule has 3 rings (SSSR count). The molecule has 152 valence electrons. The minimum Gasteiger partial charge on any atom is -0.494 e. The van der Waals surface area contributed by atoms with Gasteiger partial charge < -0.3 is 20.7 Å². The minimum absolute atomic E-state index is 0.0474. The van der Waals surface area contributed by atoms with Gasteiger partial charge in [-0.1, -0.05) is 6.58 Å². The molecule has 0 unspecified atom stereocenters. The van der Waals surface area contributed by atoms with Crippen molar-refractivity contribution in [2.75, 3.05) is 30.7 Å². The highest BCUT2D eigenvalue weighted by molar-refractivity contribution is 6.14. The monoisotopic (exact) mass is 395 g/mol. The first-order valence-electron chi connectivity index (χ1n) is 9.59. The molecule has 1 fully saturated rings. The molecule has 1 aliphatic rings. The molecule has 0 bridgehead atoms. The van der Waals surface area contributed by atoms with Crippen molar-refractivity contribution < 1.29 is 14.3 Å². The maximum atomic E-state index is 13.1. The third-order valence-electron chi connectivity index (χ3n) is 4.78. The molecule has 0 spiro atoms. The average molecular weight is 395 g/mol. The van der Waals surface area contributed by atoms with Gasteiger partial charge in [0, 0.05) is 24.7 Å². The van der Waals surface area contributed by atoms with Crippen LogP contribution >= 0.6 is 0 Å². The summed E-state index contributed by atoms with van der Waals surface area (Å²) in [5.74, 6) is 0.784. The number of hydrogen-bond acceptors (Lipinski definition) is 7. The maximum Gasteiger partial charge on any atom is 0.246 e. The number of benzene rings is 1. The molecule has 1 amide bonds. The zero-order valence-corrected chi connectivity index (χ0v) is 16.4. The van der Waals surface area contributed by atoms with Crippen molar-refractivity contribution in [3.05, 3.63) is 54.4 Å². The zero-order valence-electron chi connectivity index (χ0n) is 16.4. The van der Waals surface area contributed by atoms with Gasteiger partial charge in [0.15, 0.2) is 5.78 Å². The van der Waals surface area contributed by atoms with E-state index in [1.807, 2.05) is 6.92 Å². The Bertz CT molecular complexity index is 898. The number of hydrogen-bond donors (Lipinski definition) is 2. The molecule has 8 nitrogen and oxygen atoms in total. The van der Waals surface area contributed by atoms with E-state index in [9.17, 15) is 9.59 Å². The number of piperidine rings is 1. The van der Waals surface area contributed by atoms with Gasteiger partial charge in [0.2, 0.25) is 5.91 Å². The number of carbonyl (C=O) groups excluding carboxylic acids is 2. The highest BCUT2D eigenvalue weighted by Gasteiger charge is 2.25. The third kappa shape index (κ3) is 4.71. The molecule has 0 saturated carbocycles. The number of ketones is 1. The van der Waals surface area contributed by atoms with Crippen LogP contribution in [0.5, 0.6) is 5.75 Å².